The zero-order chi connectivity index (χ0) is 18.9. The Hall–Kier alpha value is -2.00. The third kappa shape index (κ3) is 6.59. The van der Waals surface area contributed by atoms with Crippen molar-refractivity contribution in [2.24, 2.45) is 0 Å². The third-order valence-electron chi connectivity index (χ3n) is 4.66. The van der Waals surface area contributed by atoms with Gasteiger partial charge in [-0.25, -0.2) is 0 Å². The van der Waals surface area contributed by atoms with E-state index < -0.39 is 6.10 Å². The van der Waals surface area contributed by atoms with E-state index in [9.17, 15) is 9.59 Å². The van der Waals surface area contributed by atoms with Gasteiger partial charge in [0.1, 0.15) is 6.10 Å². The fraction of sp³-hybridized carbons (Fsp3) is 0.579. The highest BCUT2D eigenvalue weighted by atomic mass is 16.5. The van der Waals surface area contributed by atoms with E-state index in [4.69, 9.17) is 9.47 Å². The molecule has 8 nitrogen and oxygen atoms in total. The summed E-state index contributed by atoms with van der Waals surface area (Å²) in [4.78, 5) is 26.5. The quantitative estimate of drug-likeness (QED) is 0.618. The first-order chi connectivity index (χ1) is 13.2. The van der Waals surface area contributed by atoms with Crippen LogP contribution in [0.4, 0.5) is 5.69 Å². The minimum atomic E-state index is -0.443. The number of rotatable bonds is 7. The molecule has 2 heterocycles. The monoisotopic (exact) mass is 376 g/mol. The van der Waals surface area contributed by atoms with Crippen molar-refractivity contribution in [3.63, 3.8) is 0 Å². The number of carbonyl (C=O) groups excluding carboxylic acids is 2. The summed E-state index contributed by atoms with van der Waals surface area (Å²) in [5.74, 6) is -0.133. The van der Waals surface area contributed by atoms with Crippen LogP contribution in [0.3, 0.4) is 0 Å². The largest absolute Gasteiger partial charge is 0.379 e. The third-order valence-corrected chi connectivity index (χ3v) is 4.66. The number of morpholine rings is 2. The molecule has 148 valence electrons. The Balaban J connectivity index is 1.42. The van der Waals surface area contributed by atoms with Gasteiger partial charge in [-0.1, -0.05) is 12.1 Å². The predicted molar refractivity (Wildman–Crippen MR) is 101 cm³/mol. The Bertz CT molecular complexity index is 628. The molecule has 2 aliphatic rings. The van der Waals surface area contributed by atoms with Gasteiger partial charge >= 0.3 is 0 Å². The van der Waals surface area contributed by atoms with Crippen molar-refractivity contribution < 1.29 is 19.1 Å². The van der Waals surface area contributed by atoms with Gasteiger partial charge in [-0.2, -0.15) is 0 Å². The highest BCUT2D eigenvalue weighted by Gasteiger charge is 2.21. The molecule has 27 heavy (non-hydrogen) atoms. The van der Waals surface area contributed by atoms with E-state index in [1.807, 2.05) is 24.3 Å². The molecule has 1 aromatic carbocycles. The summed E-state index contributed by atoms with van der Waals surface area (Å²) in [6, 6.07) is 7.53. The van der Waals surface area contributed by atoms with E-state index in [0.29, 0.717) is 26.1 Å². The molecule has 3 rings (SSSR count). The second kappa shape index (κ2) is 10.4. The van der Waals surface area contributed by atoms with E-state index in [0.717, 1.165) is 50.6 Å². The lowest BCUT2D eigenvalue weighted by Gasteiger charge is -2.26. The molecule has 0 spiro atoms. The number of nitrogens with one attached hydrogen (secondary N) is 3. The van der Waals surface area contributed by atoms with Crippen LogP contribution in [0, 0.1) is 0 Å². The number of hydrogen-bond donors (Lipinski definition) is 3. The highest BCUT2D eigenvalue weighted by molar-refractivity contribution is 5.90. The average Bonchev–Trinajstić information content (AvgIpc) is 2.72. The van der Waals surface area contributed by atoms with Crippen molar-refractivity contribution in [2.75, 3.05) is 57.9 Å². The van der Waals surface area contributed by atoms with E-state index in [2.05, 4.69) is 20.9 Å². The first kappa shape index (κ1) is 19.8. The van der Waals surface area contributed by atoms with Crippen molar-refractivity contribution >= 4 is 17.5 Å². The van der Waals surface area contributed by atoms with Gasteiger partial charge in [0, 0.05) is 51.4 Å². The SMILES string of the molecule is O=C(CCN1CCOCC1)Nc1cccc(CNC(=O)C2CNCCO2)c1. The Kier molecular flexibility index (Phi) is 7.58. The Morgan fingerprint density at radius 3 is 2.85 bits per heavy atom. The average molecular weight is 376 g/mol. The van der Waals surface area contributed by atoms with Crippen LogP contribution in [0.2, 0.25) is 0 Å². The number of carbonyl (C=O) groups is 2. The standard InChI is InChI=1S/C19H28N4O4/c24-18(4-6-23-7-10-26-11-8-23)22-16-3-1-2-15(12-16)13-21-19(25)17-14-20-5-9-27-17/h1-3,12,17,20H,4-11,13-14H2,(H,21,25)(H,22,24). The van der Waals surface area contributed by atoms with Crippen molar-refractivity contribution in [2.45, 2.75) is 19.1 Å². The molecule has 0 aliphatic carbocycles. The molecule has 2 fully saturated rings. The van der Waals surface area contributed by atoms with Crippen molar-refractivity contribution in [1.29, 1.82) is 0 Å². The number of ether oxygens (including phenoxy) is 2. The van der Waals surface area contributed by atoms with Crippen LogP contribution in [0.5, 0.6) is 0 Å². The minimum Gasteiger partial charge on any atom is -0.379 e. The molecule has 0 aromatic heterocycles. The second-order valence-electron chi connectivity index (χ2n) is 6.73. The Morgan fingerprint density at radius 2 is 2.07 bits per heavy atom. The molecule has 1 atom stereocenters. The lowest BCUT2D eigenvalue weighted by molar-refractivity contribution is -0.134. The van der Waals surface area contributed by atoms with Crippen LogP contribution in [0.1, 0.15) is 12.0 Å². The molecule has 2 amide bonds. The summed E-state index contributed by atoms with van der Waals surface area (Å²) in [7, 11) is 0. The zero-order valence-corrected chi connectivity index (χ0v) is 15.5. The van der Waals surface area contributed by atoms with Crippen LogP contribution in [0.25, 0.3) is 0 Å². The summed E-state index contributed by atoms with van der Waals surface area (Å²) >= 11 is 0. The van der Waals surface area contributed by atoms with E-state index in [-0.39, 0.29) is 11.8 Å². The second-order valence-corrected chi connectivity index (χ2v) is 6.73. The molecule has 2 saturated heterocycles. The minimum absolute atomic E-state index is 0.00985. The van der Waals surface area contributed by atoms with Gasteiger partial charge in [0.05, 0.1) is 19.8 Å². The maximum atomic E-state index is 12.2. The maximum Gasteiger partial charge on any atom is 0.250 e. The summed E-state index contributed by atoms with van der Waals surface area (Å²) in [6.07, 6.45) is 0.00861. The van der Waals surface area contributed by atoms with Crippen LogP contribution >= 0.6 is 0 Å². The van der Waals surface area contributed by atoms with Crippen molar-refractivity contribution in [1.82, 2.24) is 15.5 Å². The lowest BCUT2D eigenvalue weighted by atomic mass is 10.2. The van der Waals surface area contributed by atoms with E-state index in [1.165, 1.54) is 0 Å². The molecule has 8 heteroatoms. The highest BCUT2D eigenvalue weighted by Crippen LogP contribution is 2.11. The summed E-state index contributed by atoms with van der Waals surface area (Å²) in [5.41, 5.74) is 1.67. The number of benzene rings is 1. The van der Waals surface area contributed by atoms with Crippen LogP contribution in [0.15, 0.2) is 24.3 Å². The van der Waals surface area contributed by atoms with Gasteiger partial charge in [0.2, 0.25) is 5.91 Å². The van der Waals surface area contributed by atoms with Gasteiger partial charge in [0.15, 0.2) is 0 Å². The first-order valence-electron chi connectivity index (χ1n) is 9.49. The van der Waals surface area contributed by atoms with Gasteiger partial charge in [-0.3, -0.25) is 14.5 Å². The first-order valence-corrected chi connectivity index (χ1v) is 9.49. The van der Waals surface area contributed by atoms with Gasteiger partial charge < -0.3 is 25.4 Å². The molecular weight excluding hydrogens is 348 g/mol. The van der Waals surface area contributed by atoms with E-state index in [1.54, 1.807) is 0 Å². The Morgan fingerprint density at radius 1 is 1.22 bits per heavy atom. The normalized spacial score (nSPS) is 20.8. The molecular formula is C19H28N4O4. The summed E-state index contributed by atoms with van der Waals surface area (Å²) in [6.45, 7) is 6.21. The summed E-state index contributed by atoms with van der Waals surface area (Å²) < 4.78 is 10.7. The molecule has 2 aliphatic heterocycles. The smallest absolute Gasteiger partial charge is 0.250 e. The molecule has 3 N–H and O–H groups in total. The fourth-order valence-electron chi connectivity index (χ4n) is 3.10. The van der Waals surface area contributed by atoms with Gasteiger partial charge in [0.25, 0.3) is 5.91 Å². The maximum absolute atomic E-state index is 12.2. The van der Waals surface area contributed by atoms with Crippen LogP contribution < -0.4 is 16.0 Å². The number of amides is 2. The van der Waals surface area contributed by atoms with Gasteiger partial charge in [-0.15, -0.1) is 0 Å². The molecule has 0 bridgehead atoms. The lowest BCUT2D eigenvalue weighted by Crippen LogP contribution is -2.47. The topological polar surface area (TPSA) is 91.9 Å². The van der Waals surface area contributed by atoms with Crippen LogP contribution in [-0.4, -0.2) is 75.4 Å². The fourth-order valence-corrected chi connectivity index (χ4v) is 3.10. The number of nitrogens with zero attached hydrogens (tertiary/aromatic N) is 1. The number of anilines is 1. The predicted octanol–water partition coefficient (Wildman–Crippen LogP) is -0.0480. The van der Waals surface area contributed by atoms with E-state index >= 15 is 0 Å². The van der Waals surface area contributed by atoms with Crippen molar-refractivity contribution in [3.8, 4) is 0 Å². The molecule has 1 unspecified atom stereocenters. The van der Waals surface area contributed by atoms with Gasteiger partial charge in [-0.05, 0) is 17.7 Å². The Labute approximate surface area is 159 Å². The molecule has 0 saturated carbocycles. The van der Waals surface area contributed by atoms with Crippen molar-refractivity contribution in [3.05, 3.63) is 29.8 Å². The number of hydrogen-bond acceptors (Lipinski definition) is 6. The zero-order valence-electron chi connectivity index (χ0n) is 15.5. The van der Waals surface area contributed by atoms with Crippen LogP contribution in [-0.2, 0) is 25.6 Å². The summed E-state index contributed by atoms with van der Waals surface area (Å²) in [5, 5.41) is 8.95. The molecule has 0 radical (unpaired) electrons. The molecule has 1 aromatic rings.